The Labute approximate surface area is 200 Å². The van der Waals surface area contributed by atoms with Crippen LogP contribution in [-0.4, -0.2) is 48.8 Å². The molecule has 2 fully saturated rings. The molecule has 0 bridgehead atoms. The van der Waals surface area contributed by atoms with Gasteiger partial charge in [0.15, 0.2) is 0 Å². The Morgan fingerprint density at radius 2 is 1.68 bits per heavy atom. The molecule has 34 heavy (non-hydrogen) atoms. The maximum atomic E-state index is 13.3. The van der Waals surface area contributed by atoms with E-state index in [2.05, 4.69) is 36.9 Å². The van der Waals surface area contributed by atoms with Gasteiger partial charge in [-0.2, -0.15) is 0 Å². The van der Waals surface area contributed by atoms with Crippen LogP contribution in [0.3, 0.4) is 0 Å². The van der Waals surface area contributed by atoms with Crippen molar-refractivity contribution in [3.05, 3.63) is 71.3 Å². The Hall–Kier alpha value is -3.41. The second-order valence-corrected chi connectivity index (χ2v) is 9.72. The number of piperazine rings is 1. The number of nitrogens with zero attached hydrogens (tertiary/aromatic N) is 3. The topological polar surface area (TPSA) is 60.9 Å². The van der Waals surface area contributed by atoms with Gasteiger partial charge in [0.05, 0.1) is 17.5 Å². The largest absolute Gasteiger partial charge is 0.368 e. The molecule has 0 aromatic heterocycles. The van der Waals surface area contributed by atoms with Crippen molar-refractivity contribution >= 4 is 29.1 Å². The SMILES string of the molecule is Cc1cccc(N2CCN(C(=O)c3cccc(N4C(=O)[C@@H]5[C@H](C)C=CC[C@H]5C4=O)c3)CC2)c1C. The monoisotopic (exact) mass is 457 g/mol. The third-order valence-corrected chi connectivity index (χ3v) is 7.71. The quantitative estimate of drug-likeness (QED) is 0.517. The molecule has 3 amide bonds. The van der Waals surface area contributed by atoms with Crippen molar-refractivity contribution in [2.24, 2.45) is 17.8 Å². The van der Waals surface area contributed by atoms with Crippen molar-refractivity contribution in [2.75, 3.05) is 36.0 Å². The number of carbonyl (C=O) groups is 3. The van der Waals surface area contributed by atoms with E-state index in [-0.39, 0.29) is 35.5 Å². The molecule has 3 atom stereocenters. The molecule has 1 aliphatic carbocycles. The fraction of sp³-hybridized carbons (Fsp3) is 0.393. The van der Waals surface area contributed by atoms with Crippen LogP contribution in [0, 0.1) is 31.6 Å². The minimum atomic E-state index is -0.310. The Kier molecular flexibility index (Phi) is 5.76. The highest BCUT2D eigenvalue weighted by Crippen LogP contribution is 2.40. The van der Waals surface area contributed by atoms with E-state index in [1.807, 2.05) is 24.0 Å². The Morgan fingerprint density at radius 3 is 2.41 bits per heavy atom. The molecule has 0 spiro atoms. The molecule has 3 aliphatic rings. The molecule has 0 radical (unpaired) electrons. The lowest BCUT2D eigenvalue weighted by Crippen LogP contribution is -2.49. The van der Waals surface area contributed by atoms with Crippen LogP contribution in [0.15, 0.2) is 54.6 Å². The molecule has 2 aliphatic heterocycles. The molecule has 2 heterocycles. The maximum absolute atomic E-state index is 13.3. The van der Waals surface area contributed by atoms with Gasteiger partial charge < -0.3 is 9.80 Å². The van der Waals surface area contributed by atoms with E-state index in [0.717, 1.165) is 13.1 Å². The summed E-state index contributed by atoms with van der Waals surface area (Å²) >= 11 is 0. The molecule has 6 heteroatoms. The van der Waals surface area contributed by atoms with Crippen molar-refractivity contribution in [1.29, 1.82) is 0 Å². The van der Waals surface area contributed by atoms with Gasteiger partial charge in [-0.1, -0.05) is 37.3 Å². The van der Waals surface area contributed by atoms with Crippen molar-refractivity contribution in [3.63, 3.8) is 0 Å². The van der Waals surface area contributed by atoms with Gasteiger partial charge in [-0.15, -0.1) is 0 Å². The van der Waals surface area contributed by atoms with Crippen LogP contribution in [-0.2, 0) is 9.59 Å². The number of benzene rings is 2. The van der Waals surface area contributed by atoms with Gasteiger partial charge >= 0.3 is 0 Å². The number of fused-ring (bicyclic) bond motifs is 1. The van der Waals surface area contributed by atoms with Gasteiger partial charge in [-0.25, -0.2) is 0 Å². The maximum Gasteiger partial charge on any atom is 0.254 e. The van der Waals surface area contributed by atoms with Crippen LogP contribution < -0.4 is 9.80 Å². The van der Waals surface area contributed by atoms with Crippen LogP contribution >= 0.6 is 0 Å². The molecule has 2 aromatic carbocycles. The predicted octanol–water partition coefficient (Wildman–Crippen LogP) is 3.97. The fourth-order valence-electron chi connectivity index (χ4n) is 5.59. The summed E-state index contributed by atoms with van der Waals surface area (Å²) in [4.78, 5) is 45.0. The number of allylic oxidation sites excluding steroid dienone is 2. The molecular formula is C28H31N3O3. The number of rotatable bonds is 3. The number of amides is 3. The van der Waals surface area contributed by atoms with Crippen LogP contribution in [0.2, 0.25) is 0 Å². The summed E-state index contributed by atoms with van der Waals surface area (Å²) in [5.74, 6) is -0.941. The second kappa shape index (κ2) is 8.75. The van der Waals surface area contributed by atoms with E-state index < -0.39 is 0 Å². The first-order chi connectivity index (χ1) is 16.4. The van der Waals surface area contributed by atoms with Gasteiger partial charge in [-0.3, -0.25) is 19.3 Å². The average Bonchev–Trinajstić information content (AvgIpc) is 3.11. The highest BCUT2D eigenvalue weighted by Gasteiger charge is 2.50. The standard InChI is InChI=1S/C28H31N3O3/c1-18-7-5-12-24(20(18)3)29-13-15-30(16-14-29)26(32)21-9-6-10-22(17-21)31-27(33)23-11-4-8-19(2)25(23)28(31)34/h4-10,12,17,19,23,25H,11,13-16H2,1-3H3/t19-,23-,25-/m1/s1. The van der Waals surface area contributed by atoms with Crippen LogP contribution in [0.4, 0.5) is 11.4 Å². The number of imide groups is 1. The smallest absolute Gasteiger partial charge is 0.254 e. The van der Waals surface area contributed by atoms with Crippen molar-refractivity contribution in [3.8, 4) is 0 Å². The minimum absolute atomic E-state index is 0.0401. The van der Waals surface area contributed by atoms with Crippen molar-refractivity contribution in [2.45, 2.75) is 27.2 Å². The van der Waals surface area contributed by atoms with Gasteiger partial charge in [0.25, 0.3) is 5.91 Å². The first kappa shape index (κ1) is 22.4. The van der Waals surface area contributed by atoms with E-state index in [1.54, 1.807) is 24.3 Å². The Morgan fingerprint density at radius 1 is 0.941 bits per heavy atom. The molecule has 0 N–H and O–H groups in total. The van der Waals surface area contributed by atoms with Crippen LogP contribution in [0.25, 0.3) is 0 Å². The lowest BCUT2D eigenvalue weighted by molar-refractivity contribution is -0.122. The van der Waals surface area contributed by atoms with Crippen molar-refractivity contribution in [1.82, 2.24) is 4.90 Å². The molecule has 2 saturated heterocycles. The van der Waals surface area contributed by atoms with Gasteiger partial charge in [0.1, 0.15) is 0 Å². The highest BCUT2D eigenvalue weighted by molar-refractivity contribution is 6.22. The summed E-state index contributed by atoms with van der Waals surface area (Å²) in [5, 5.41) is 0. The molecule has 2 aromatic rings. The zero-order chi connectivity index (χ0) is 24.0. The third kappa shape index (κ3) is 3.71. The lowest BCUT2D eigenvalue weighted by Gasteiger charge is -2.37. The minimum Gasteiger partial charge on any atom is -0.368 e. The highest BCUT2D eigenvalue weighted by atomic mass is 16.2. The summed E-state index contributed by atoms with van der Waals surface area (Å²) in [6, 6.07) is 13.3. The predicted molar refractivity (Wildman–Crippen MR) is 133 cm³/mol. The van der Waals surface area contributed by atoms with E-state index >= 15 is 0 Å². The van der Waals surface area contributed by atoms with E-state index in [4.69, 9.17) is 0 Å². The molecule has 6 nitrogen and oxygen atoms in total. The number of hydrogen-bond acceptors (Lipinski definition) is 4. The lowest BCUT2D eigenvalue weighted by atomic mass is 9.78. The van der Waals surface area contributed by atoms with E-state index in [9.17, 15) is 14.4 Å². The Bertz CT molecular complexity index is 1180. The number of hydrogen-bond donors (Lipinski definition) is 0. The average molecular weight is 458 g/mol. The first-order valence-electron chi connectivity index (χ1n) is 12.1. The molecule has 5 rings (SSSR count). The van der Waals surface area contributed by atoms with Gasteiger partial charge in [-0.05, 0) is 61.6 Å². The first-order valence-corrected chi connectivity index (χ1v) is 12.1. The second-order valence-electron chi connectivity index (χ2n) is 9.72. The number of aryl methyl sites for hydroxylation is 1. The molecule has 176 valence electrons. The summed E-state index contributed by atoms with van der Waals surface area (Å²) in [6.07, 6.45) is 4.62. The fourth-order valence-corrected chi connectivity index (χ4v) is 5.59. The van der Waals surface area contributed by atoms with Crippen molar-refractivity contribution < 1.29 is 14.4 Å². The van der Waals surface area contributed by atoms with Gasteiger partial charge in [0, 0.05) is 37.4 Å². The van der Waals surface area contributed by atoms with Crippen LogP contribution in [0.5, 0.6) is 0 Å². The zero-order valence-electron chi connectivity index (χ0n) is 20.0. The third-order valence-electron chi connectivity index (χ3n) is 7.71. The normalized spacial score (nSPS) is 24.6. The van der Waals surface area contributed by atoms with Gasteiger partial charge in [0.2, 0.25) is 11.8 Å². The summed E-state index contributed by atoms with van der Waals surface area (Å²) in [6.45, 7) is 9.05. The van der Waals surface area contributed by atoms with E-state index in [1.165, 1.54) is 21.7 Å². The summed E-state index contributed by atoms with van der Waals surface area (Å²) in [5.41, 5.74) is 4.78. The molecule has 0 unspecified atom stereocenters. The number of carbonyl (C=O) groups excluding carboxylic acids is 3. The zero-order valence-corrected chi connectivity index (χ0v) is 20.0. The van der Waals surface area contributed by atoms with E-state index in [0.29, 0.717) is 30.8 Å². The molecular weight excluding hydrogens is 426 g/mol. The number of anilines is 2. The molecule has 0 saturated carbocycles. The summed E-state index contributed by atoms with van der Waals surface area (Å²) < 4.78 is 0. The Balaban J connectivity index is 1.31. The van der Waals surface area contributed by atoms with Crippen LogP contribution in [0.1, 0.15) is 34.8 Å². The summed E-state index contributed by atoms with van der Waals surface area (Å²) in [7, 11) is 0.